The highest BCUT2D eigenvalue weighted by Gasteiger charge is 2.46. The first-order valence-corrected chi connectivity index (χ1v) is 21.9. The molecule has 0 aliphatic heterocycles. The quantitative estimate of drug-likeness (QED) is 0.0622. The van der Waals surface area contributed by atoms with Gasteiger partial charge in [0.15, 0.2) is 17.3 Å². The topological polar surface area (TPSA) is 173 Å². The number of carbonyl (C=O) groups excluding carboxylic acids is 8. The Kier molecular flexibility index (Phi) is 34.9. The van der Waals surface area contributed by atoms with Gasteiger partial charge in [0.1, 0.15) is 29.5 Å². The third-order valence-corrected chi connectivity index (χ3v) is 8.53. The molecule has 12 nitrogen and oxygen atoms in total. The van der Waals surface area contributed by atoms with E-state index in [9.17, 15) is 38.4 Å². The third-order valence-electron chi connectivity index (χ3n) is 8.53. The maximum Gasteiger partial charge on any atom is 0.319 e. The number of unbranched alkanes of at least 4 members (excludes halogenated alkanes) is 2. The van der Waals surface area contributed by atoms with E-state index in [1.807, 2.05) is 40.7 Å². The summed E-state index contributed by atoms with van der Waals surface area (Å²) in [4.78, 5) is 92.2. The van der Waals surface area contributed by atoms with Crippen molar-refractivity contribution in [2.45, 2.75) is 191 Å². The zero-order valence-electron chi connectivity index (χ0n) is 43.0. The van der Waals surface area contributed by atoms with Crippen molar-refractivity contribution in [1.82, 2.24) is 0 Å². The van der Waals surface area contributed by atoms with Gasteiger partial charge in [0.2, 0.25) is 0 Å². The summed E-state index contributed by atoms with van der Waals surface area (Å²) in [6.45, 7) is 43.0. The highest BCUT2D eigenvalue weighted by Crippen LogP contribution is 2.34. The van der Waals surface area contributed by atoms with Gasteiger partial charge >= 0.3 is 23.9 Å². The predicted octanol–water partition coefficient (Wildman–Crippen LogP) is 10.9. The van der Waals surface area contributed by atoms with Gasteiger partial charge in [-0.25, -0.2) is 0 Å². The molecule has 0 aromatic rings. The molecule has 0 aromatic heterocycles. The second kappa shape index (κ2) is 32.0. The lowest BCUT2D eigenvalue weighted by molar-refractivity contribution is -0.162. The van der Waals surface area contributed by atoms with Crippen LogP contribution in [-0.4, -0.2) is 73.4 Å². The summed E-state index contributed by atoms with van der Waals surface area (Å²) < 4.78 is 19.2. The second-order valence-electron chi connectivity index (χ2n) is 19.3. The van der Waals surface area contributed by atoms with Crippen molar-refractivity contribution in [1.29, 1.82) is 0 Å². The zero-order chi connectivity index (χ0) is 49.8. The van der Waals surface area contributed by atoms with Gasteiger partial charge in [0, 0.05) is 21.7 Å². The summed E-state index contributed by atoms with van der Waals surface area (Å²) in [5.74, 6) is -3.34. The van der Waals surface area contributed by atoms with Gasteiger partial charge < -0.3 is 18.9 Å². The third kappa shape index (κ3) is 31.8. The molecule has 0 aliphatic carbocycles. The Morgan fingerprint density at radius 1 is 0.492 bits per heavy atom. The average Bonchev–Trinajstić information content (AvgIpc) is 3.12. The molecule has 0 fully saturated rings. The van der Waals surface area contributed by atoms with Crippen molar-refractivity contribution in [3.8, 4) is 0 Å². The summed E-state index contributed by atoms with van der Waals surface area (Å²) >= 11 is 0. The number of hydrogen-bond donors (Lipinski definition) is 0. The van der Waals surface area contributed by atoms with Crippen molar-refractivity contribution in [3.63, 3.8) is 0 Å². The van der Waals surface area contributed by atoms with Gasteiger partial charge in [-0.05, 0) is 68.7 Å². The first-order valence-electron chi connectivity index (χ1n) is 21.9. The molecule has 0 radical (unpaired) electrons. The van der Waals surface area contributed by atoms with Crippen LogP contribution in [0.1, 0.15) is 191 Å². The van der Waals surface area contributed by atoms with Gasteiger partial charge in [0.05, 0.1) is 26.4 Å². The normalized spacial score (nSPS) is 13.0. The Balaban J connectivity index is -0.000000222. The fourth-order valence-corrected chi connectivity index (χ4v) is 4.80. The molecule has 0 saturated carbocycles. The minimum absolute atomic E-state index is 0.0778. The van der Waals surface area contributed by atoms with Crippen LogP contribution in [0.25, 0.3) is 0 Å². The molecule has 12 heteroatoms. The van der Waals surface area contributed by atoms with Crippen LogP contribution in [-0.2, 0) is 57.3 Å². The average molecular weight is 871 g/mol. The molecule has 0 amide bonds. The van der Waals surface area contributed by atoms with E-state index in [-0.39, 0.29) is 29.6 Å². The number of rotatable bonds is 16. The molecule has 0 bridgehead atoms. The van der Waals surface area contributed by atoms with E-state index in [2.05, 4.69) is 18.6 Å². The second-order valence-corrected chi connectivity index (χ2v) is 19.3. The molecule has 0 heterocycles. The molecule has 0 saturated heterocycles. The molecular formula is C49H90O12. The van der Waals surface area contributed by atoms with Crippen molar-refractivity contribution < 1.29 is 57.3 Å². The fraction of sp³-hybridized carbons (Fsp3) is 0.796. The van der Waals surface area contributed by atoms with Crippen LogP contribution in [0.3, 0.4) is 0 Å². The number of ether oxygens (including phenoxy) is 4. The van der Waals surface area contributed by atoms with Gasteiger partial charge in [-0.1, -0.05) is 128 Å². The Bertz CT molecular complexity index is 1330. The van der Waals surface area contributed by atoms with Gasteiger partial charge in [-0.2, -0.15) is 0 Å². The first-order chi connectivity index (χ1) is 27.4. The van der Waals surface area contributed by atoms with E-state index in [0.29, 0.717) is 32.8 Å². The fourth-order valence-electron chi connectivity index (χ4n) is 4.80. The van der Waals surface area contributed by atoms with Crippen molar-refractivity contribution in [2.24, 2.45) is 38.9 Å². The Morgan fingerprint density at radius 2 is 0.836 bits per heavy atom. The number of allylic oxidation sites excluding steroid dienone is 2. The standard InChI is InChI=1S/C15H26O3.2C10H18O3.C9H16O3.C5H12/c1-8-18-13(17)15(7,10-9-11(2)3)12(16)14(4,5)6;2*1-6-13-9(12)7(2)8(11)10(3,4)5;1-5-12-8(11)6-7(10)9(2,3)4;1-3-5-4-2/h9H,8,10H2,1-7H3;2*7H,6H2,1-5H3;5-6H2,1-4H3;3-5H2,1-2H3. The molecule has 0 spiro atoms. The lowest BCUT2D eigenvalue weighted by Gasteiger charge is -2.31. The van der Waals surface area contributed by atoms with Crippen LogP contribution >= 0.6 is 0 Å². The molecule has 61 heavy (non-hydrogen) atoms. The van der Waals surface area contributed by atoms with Crippen molar-refractivity contribution in [3.05, 3.63) is 11.6 Å². The summed E-state index contributed by atoms with van der Waals surface area (Å²) in [7, 11) is 0. The highest BCUT2D eigenvalue weighted by molar-refractivity contribution is 6.06. The van der Waals surface area contributed by atoms with E-state index in [0.717, 1.165) is 5.57 Å². The number of ketones is 4. The van der Waals surface area contributed by atoms with Gasteiger partial charge in [-0.3, -0.25) is 38.4 Å². The van der Waals surface area contributed by atoms with Crippen LogP contribution in [0.5, 0.6) is 0 Å². The van der Waals surface area contributed by atoms with Crippen LogP contribution < -0.4 is 0 Å². The lowest BCUT2D eigenvalue weighted by Crippen LogP contribution is -2.44. The molecule has 0 N–H and O–H groups in total. The molecule has 3 atom stereocenters. The zero-order valence-corrected chi connectivity index (χ0v) is 43.0. The largest absolute Gasteiger partial charge is 0.466 e. The summed E-state index contributed by atoms with van der Waals surface area (Å²) in [6.07, 6.45) is 6.27. The SMILES string of the molecule is CCCCC.CCOC(=O)C(C)(CC=C(C)C)C(=O)C(C)(C)C.CCOC(=O)C(C)C(=O)C(C)(C)C.CCOC(=O)C(C)C(=O)C(C)(C)C.CCOC(=O)CC(=O)C(C)(C)C. The lowest BCUT2D eigenvalue weighted by atomic mass is 9.71. The molecule has 0 rings (SSSR count). The summed E-state index contributed by atoms with van der Waals surface area (Å²) in [6, 6.07) is 0. The molecule has 0 aliphatic rings. The maximum atomic E-state index is 12.5. The molecule has 0 aromatic carbocycles. The smallest absolute Gasteiger partial charge is 0.319 e. The number of carbonyl (C=O) groups is 8. The van der Waals surface area contributed by atoms with Crippen molar-refractivity contribution in [2.75, 3.05) is 26.4 Å². The van der Waals surface area contributed by atoms with E-state index >= 15 is 0 Å². The Morgan fingerprint density at radius 3 is 1.07 bits per heavy atom. The van der Waals surface area contributed by atoms with Crippen molar-refractivity contribution >= 4 is 47.0 Å². The van der Waals surface area contributed by atoms with E-state index in [1.165, 1.54) is 19.3 Å². The molecule has 3 unspecified atom stereocenters. The van der Waals surface area contributed by atoms with Crippen LogP contribution in [0.2, 0.25) is 0 Å². The number of hydrogen-bond acceptors (Lipinski definition) is 12. The Hall–Kier alpha value is -3.70. The van der Waals surface area contributed by atoms with Gasteiger partial charge in [0.25, 0.3) is 0 Å². The first kappa shape index (κ1) is 66.4. The summed E-state index contributed by atoms with van der Waals surface area (Å²) in [5.41, 5.74) is -1.97. The minimum Gasteiger partial charge on any atom is -0.466 e. The minimum atomic E-state index is -1.09. The number of esters is 4. The molecule has 358 valence electrons. The Labute approximate surface area is 371 Å². The van der Waals surface area contributed by atoms with Crippen LogP contribution in [0, 0.1) is 38.9 Å². The van der Waals surface area contributed by atoms with Crippen LogP contribution in [0.15, 0.2) is 11.6 Å². The monoisotopic (exact) mass is 871 g/mol. The molecular weight excluding hydrogens is 781 g/mol. The van der Waals surface area contributed by atoms with Crippen LogP contribution in [0.4, 0.5) is 0 Å². The number of Topliss-reactive ketones (excluding diaryl/α,β-unsaturated/α-hetero) is 4. The predicted molar refractivity (Wildman–Crippen MR) is 245 cm³/mol. The maximum absolute atomic E-state index is 12.5. The van der Waals surface area contributed by atoms with Gasteiger partial charge in [-0.15, -0.1) is 0 Å². The van der Waals surface area contributed by atoms with E-state index in [4.69, 9.17) is 14.2 Å². The highest BCUT2D eigenvalue weighted by atomic mass is 16.5. The van der Waals surface area contributed by atoms with E-state index < -0.39 is 62.8 Å². The summed E-state index contributed by atoms with van der Waals surface area (Å²) in [5, 5.41) is 0. The van der Waals surface area contributed by atoms with E-state index in [1.54, 1.807) is 111 Å².